The lowest BCUT2D eigenvalue weighted by Crippen LogP contribution is -2.26. The Balaban J connectivity index is 1.12. The number of hydrogen-bond acceptors (Lipinski definition) is 2. The van der Waals surface area contributed by atoms with Crippen molar-refractivity contribution in [2.75, 3.05) is 9.80 Å². The van der Waals surface area contributed by atoms with E-state index in [1.54, 1.807) is 0 Å². The second kappa shape index (κ2) is 14.7. The van der Waals surface area contributed by atoms with Gasteiger partial charge in [-0.05, 0) is 133 Å². The molecule has 66 heavy (non-hydrogen) atoms. The standard InChI is InChI=1S/C64H46N2/c1-63(2)54-33-18-17-32-51(54)62-57(63)36-21-37-60(62)66(46-28-13-6-14-29-46)47-38-39-50-48-30-15-19-34-55(48)64(58(50)40-47)56-35-20-16-31-49(56)53-41-52(43-22-7-3-8-23-43)61(42-59(53)64)65(44-24-9-4-10-25-44)45-26-11-5-12-27-45/h3-42H,1-2H3. The number of benzene rings is 10. The topological polar surface area (TPSA) is 6.48 Å². The zero-order valence-electron chi connectivity index (χ0n) is 37.0. The Kier molecular flexibility index (Phi) is 8.51. The van der Waals surface area contributed by atoms with Crippen LogP contribution in [-0.4, -0.2) is 0 Å². The lowest BCUT2D eigenvalue weighted by Gasteiger charge is -2.34. The van der Waals surface area contributed by atoms with E-state index in [2.05, 4.69) is 266 Å². The van der Waals surface area contributed by atoms with Crippen LogP contribution in [0.4, 0.5) is 34.1 Å². The Bertz CT molecular complexity index is 3460. The van der Waals surface area contributed by atoms with Crippen molar-refractivity contribution in [1.29, 1.82) is 0 Å². The Morgan fingerprint density at radius 1 is 0.273 bits per heavy atom. The van der Waals surface area contributed by atoms with Crippen molar-refractivity contribution in [3.8, 4) is 44.5 Å². The van der Waals surface area contributed by atoms with Crippen molar-refractivity contribution in [3.63, 3.8) is 0 Å². The normalized spacial score (nSPS) is 15.3. The molecule has 3 aliphatic rings. The van der Waals surface area contributed by atoms with Gasteiger partial charge in [-0.3, -0.25) is 0 Å². The summed E-state index contributed by atoms with van der Waals surface area (Å²) >= 11 is 0. The van der Waals surface area contributed by atoms with Crippen molar-refractivity contribution in [3.05, 3.63) is 276 Å². The number of rotatable bonds is 7. The van der Waals surface area contributed by atoms with E-state index in [9.17, 15) is 0 Å². The number of para-hydroxylation sites is 3. The van der Waals surface area contributed by atoms with Gasteiger partial charge in [0.05, 0.1) is 16.8 Å². The molecule has 0 heterocycles. The molecule has 1 spiro atoms. The lowest BCUT2D eigenvalue weighted by atomic mass is 9.70. The molecule has 0 aromatic heterocycles. The minimum atomic E-state index is -0.605. The smallest absolute Gasteiger partial charge is 0.0727 e. The SMILES string of the molecule is CC1(C)c2ccccc2-c2c(N(c3ccccc3)c3ccc4c(c3)C3(c5ccccc5-4)c4ccccc4-c4cc(-c5ccccc5)c(N(c5ccccc5)c5ccccc5)cc43)cccc21. The van der Waals surface area contributed by atoms with Gasteiger partial charge < -0.3 is 9.80 Å². The summed E-state index contributed by atoms with van der Waals surface area (Å²) in [5, 5.41) is 0. The maximum atomic E-state index is 2.54. The molecule has 0 N–H and O–H groups in total. The van der Waals surface area contributed by atoms with Gasteiger partial charge in [0.1, 0.15) is 0 Å². The van der Waals surface area contributed by atoms with Gasteiger partial charge in [0, 0.05) is 39.3 Å². The van der Waals surface area contributed by atoms with Gasteiger partial charge >= 0.3 is 0 Å². The molecule has 0 radical (unpaired) electrons. The van der Waals surface area contributed by atoms with Gasteiger partial charge in [0.25, 0.3) is 0 Å². The highest BCUT2D eigenvalue weighted by Crippen LogP contribution is 2.65. The van der Waals surface area contributed by atoms with Crippen molar-refractivity contribution in [2.45, 2.75) is 24.7 Å². The third-order valence-corrected chi connectivity index (χ3v) is 14.6. The molecule has 13 rings (SSSR count). The average molecular weight is 843 g/mol. The highest BCUT2D eigenvalue weighted by atomic mass is 15.2. The summed E-state index contributed by atoms with van der Waals surface area (Å²) in [6.45, 7) is 4.74. The van der Waals surface area contributed by atoms with E-state index >= 15 is 0 Å². The Hall–Kier alpha value is -8.20. The fraction of sp³-hybridized carbons (Fsp3) is 0.0625. The first kappa shape index (κ1) is 38.3. The molecule has 0 saturated heterocycles. The molecule has 1 atom stereocenters. The van der Waals surface area contributed by atoms with Crippen LogP contribution in [0.3, 0.4) is 0 Å². The van der Waals surface area contributed by atoms with E-state index in [1.165, 1.54) is 83.6 Å². The molecule has 0 fully saturated rings. The van der Waals surface area contributed by atoms with E-state index in [1.807, 2.05) is 0 Å². The fourth-order valence-corrected chi connectivity index (χ4v) is 11.8. The minimum Gasteiger partial charge on any atom is -0.310 e. The first-order chi connectivity index (χ1) is 32.5. The van der Waals surface area contributed by atoms with Gasteiger partial charge in [-0.25, -0.2) is 0 Å². The summed E-state index contributed by atoms with van der Waals surface area (Å²) in [4.78, 5) is 4.95. The quantitative estimate of drug-likeness (QED) is 0.158. The lowest BCUT2D eigenvalue weighted by molar-refractivity contribution is 0.660. The van der Waals surface area contributed by atoms with Gasteiger partial charge in [0.2, 0.25) is 0 Å². The largest absolute Gasteiger partial charge is 0.310 e. The van der Waals surface area contributed by atoms with E-state index in [0.717, 1.165) is 28.4 Å². The molecular formula is C64H46N2. The Labute approximate surface area is 387 Å². The highest BCUT2D eigenvalue weighted by molar-refractivity contribution is 6.02. The molecule has 0 aliphatic heterocycles. The summed E-state index contributed by atoms with van der Waals surface area (Å²) in [5.74, 6) is 0. The third-order valence-electron chi connectivity index (χ3n) is 14.6. The zero-order valence-corrected chi connectivity index (χ0v) is 37.0. The Morgan fingerprint density at radius 3 is 1.33 bits per heavy atom. The zero-order chi connectivity index (χ0) is 44.0. The number of hydrogen-bond donors (Lipinski definition) is 0. The Morgan fingerprint density at radius 2 is 0.727 bits per heavy atom. The summed E-state index contributed by atoms with van der Waals surface area (Å²) in [7, 11) is 0. The van der Waals surface area contributed by atoms with E-state index < -0.39 is 5.41 Å². The van der Waals surface area contributed by atoms with E-state index in [0.29, 0.717) is 0 Å². The van der Waals surface area contributed by atoms with Crippen LogP contribution in [-0.2, 0) is 10.8 Å². The molecule has 312 valence electrons. The monoisotopic (exact) mass is 842 g/mol. The molecule has 0 saturated carbocycles. The van der Waals surface area contributed by atoms with Crippen molar-refractivity contribution in [1.82, 2.24) is 0 Å². The molecule has 0 bridgehead atoms. The second-order valence-corrected chi connectivity index (χ2v) is 18.4. The van der Waals surface area contributed by atoms with Crippen LogP contribution < -0.4 is 9.80 Å². The van der Waals surface area contributed by atoms with Crippen LogP contribution in [0.5, 0.6) is 0 Å². The average Bonchev–Trinajstić information content (AvgIpc) is 3.93. The van der Waals surface area contributed by atoms with Gasteiger partial charge in [-0.15, -0.1) is 0 Å². The van der Waals surface area contributed by atoms with Crippen LogP contribution in [0.2, 0.25) is 0 Å². The van der Waals surface area contributed by atoms with Crippen molar-refractivity contribution >= 4 is 34.1 Å². The molecule has 2 heteroatoms. The molecular weight excluding hydrogens is 797 g/mol. The molecule has 0 amide bonds. The number of nitrogens with zero attached hydrogens (tertiary/aromatic N) is 2. The molecule has 1 unspecified atom stereocenters. The molecule has 10 aromatic rings. The van der Waals surface area contributed by atoms with Crippen LogP contribution in [0.15, 0.2) is 243 Å². The fourth-order valence-electron chi connectivity index (χ4n) is 11.8. The van der Waals surface area contributed by atoms with Crippen LogP contribution in [0.1, 0.15) is 47.2 Å². The minimum absolute atomic E-state index is 0.130. The van der Waals surface area contributed by atoms with E-state index in [4.69, 9.17) is 0 Å². The summed E-state index contributed by atoms with van der Waals surface area (Å²) in [6.07, 6.45) is 0. The van der Waals surface area contributed by atoms with Crippen molar-refractivity contribution in [2.24, 2.45) is 0 Å². The van der Waals surface area contributed by atoms with Gasteiger partial charge in [-0.1, -0.05) is 190 Å². The maximum absolute atomic E-state index is 2.54. The first-order valence-electron chi connectivity index (χ1n) is 23.1. The summed E-state index contributed by atoms with van der Waals surface area (Å²) in [5.41, 5.74) is 24.1. The highest BCUT2D eigenvalue weighted by Gasteiger charge is 2.52. The number of fused-ring (bicyclic) bond motifs is 13. The third kappa shape index (κ3) is 5.42. The first-order valence-corrected chi connectivity index (χ1v) is 23.1. The van der Waals surface area contributed by atoms with Crippen LogP contribution >= 0.6 is 0 Å². The molecule has 10 aromatic carbocycles. The van der Waals surface area contributed by atoms with Gasteiger partial charge in [-0.2, -0.15) is 0 Å². The van der Waals surface area contributed by atoms with Gasteiger partial charge in [0.15, 0.2) is 0 Å². The number of anilines is 6. The maximum Gasteiger partial charge on any atom is 0.0727 e. The summed E-state index contributed by atoms with van der Waals surface area (Å²) < 4.78 is 0. The van der Waals surface area contributed by atoms with Crippen molar-refractivity contribution < 1.29 is 0 Å². The molecule has 3 aliphatic carbocycles. The predicted octanol–water partition coefficient (Wildman–Crippen LogP) is 16.9. The molecule has 2 nitrogen and oxygen atoms in total. The predicted molar refractivity (Wildman–Crippen MR) is 275 cm³/mol. The summed E-state index contributed by atoms with van der Waals surface area (Å²) in [6, 6.07) is 90.1. The second-order valence-electron chi connectivity index (χ2n) is 18.4. The van der Waals surface area contributed by atoms with E-state index in [-0.39, 0.29) is 5.41 Å². The van der Waals surface area contributed by atoms with Crippen LogP contribution in [0.25, 0.3) is 44.5 Å². The van der Waals surface area contributed by atoms with Crippen LogP contribution in [0, 0.1) is 0 Å².